The Morgan fingerprint density at radius 3 is 2.04 bits per heavy atom. The van der Waals surface area contributed by atoms with E-state index in [1.165, 1.54) is 59.4 Å². The van der Waals surface area contributed by atoms with Gasteiger partial charge in [0.25, 0.3) is 0 Å². The molecule has 5 rings (SSSR count). The number of hydrogen-bond acceptors (Lipinski definition) is 3. The smallest absolute Gasteiger partial charge is 0.162 e. The molecule has 3 aromatic carbocycles. The van der Waals surface area contributed by atoms with Gasteiger partial charge in [0, 0.05) is 54.5 Å². The van der Waals surface area contributed by atoms with E-state index in [4.69, 9.17) is 0 Å². The van der Waals surface area contributed by atoms with Crippen LogP contribution in [0.2, 0.25) is 0 Å². The molecule has 0 atom stereocenters. The van der Waals surface area contributed by atoms with Crippen LogP contribution in [0.4, 0.5) is 0 Å². The zero-order valence-electron chi connectivity index (χ0n) is 32.5. The molecule has 277 valence electrons. The number of rotatable bonds is 13. The van der Waals surface area contributed by atoms with E-state index in [0.29, 0.717) is 5.92 Å². The maximum Gasteiger partial charge on any atom is 0.162 e. The summed E-state index contributed by atoms with van der Waals surface area (Å²) in [4.78, 5) is 11.7. The van der Waals surface area contributed by atoms with Crippen LogP contribution in [0.5, 0.6) is 0 Å². The quantitative estimate of drug-likeness (QED) is 0.0554. The molecule has 3 nitrogen and oxygen atoms in total. The Morgan fingerprint density at radius 1 is 0.863 bits per heavy atom. The van der Waals surface area contributed by atoms with Gasteiger partial charge in [-0.3, -0.25) is 4.79 Å². The molecule has 1 N–H and O–H groups in total. The van der Waals surface area contributed by atoms with Gasteiger partial charge >= 0.3 is 0 Å². The standard InChI is InChI=1S/C33H36NS.C13H24O2.Ir/c1-8-33(6,9-2)29-20-27(22(5)24-12-10-11-13-25(24)29)31-32-26(16-17-34(31)7)28-19-23(18-21(3)4)14-15-30(28)35-32;1-5-10(6-2)12(14)9-13(15)11(7-3)8-4;/h10-17,19-21H,5,7-9,18H2,1-4,6H3;9-11,14H,5-8H2,1-4H3;/q-1;;/b;12-9-;. The summed E-state index contributed by atoms with van der Waals surface area (Å²) in [7, 11) is 4.42. The number of aliphatic hydroxyl groups excluding tert-OH is 1. The summed E-state index contributed by atoms with van der Waals surface area (Å²) < 4.78 is 4.67. The fourth-order valence-corrected chi connectivity index (χ4v) is 8.55. The molecule has 0 amide bonds. The molecule has 0 saturated heterocycles. The second-order valence-corrected chi connectivity index (χ2v) is 15.7. The summed E-state index contributed by atoms with van der Waals surface area (Å²) in [6.45, 7) is 24.3. The van der Waals surface area contributed by atoms with Gasteiger partial charge in [0.05, 0.1) is 17.6 Å². The van der Waals surface area contributed by atoms with Crippen molar-refractivity contribution in [2.45, 2.75) is 113 Å². The van der Waals surface area contributed by atoms with Gasteiger partial charge in [-0.25, -0.2) is 0 Å². The van der Waals surface area contributed by atoms with Gasteiger partial charge in [-0.05, 0) is 90.8 Å². The second-order valence-electron chi connectivity index (χ2n) is 14.7. The minimum absolute atomic E-state index is 0. The van der Waals surface area contributed by atoms with Gasteiger partial charge < -0.3 is 9.67 Å². The summed E-state index contributed by atoms with van der Waals surface area (Å²) >= 11 is 1.88. The molecule has 0 aliphatic heterocycles. The fraction of sp³-hybridized carbons (Fsp3) is 0.435. The first-order chi connectivity index (χ1) is 23.9. The minimum Gasteiger partial charge on any atom is -0.512 e. The van der Waals surface area contributed by atoms with Crippen LogP contribution in [0, 0.1) is 31.7 Å². The number of hydrogen-bond donors (Lipinski definition) is 1. The molecule has 0 bridgehead atoms. The first kappa shape index (κ1) is 42.3. The molecule has 51 heavy (non-hydrogen) atoms. The van der Waals surface area contributed by atoms with Crippen LogP contribution in [-0.2, 0) is 36.7 Å². The van der Waals surface area contributed by atoms with Crippen LogP contribution in [0.3, 0.4) is 0 Å². The Bertz CT molecular complexity index is 1960. The maximum absolute atomic E-state index is 11.7. The van der Waals surface area contributed by atoms with Crippen molar-refractivity contribution in [1.82, 2.24) is 0 Å². The largest absolute Gasteiger partial charge is 0.512 e. The van der Waals surface area contributed by atoms with Crippen LogP contribution in [0.15, 0.2) is 72.6 Å². The van der Waals surface area contributed by atoms with Crippen molar-refractivity contribution in [3.8, 4) is 11.3 Å². The molecule has 2 aromatic heterocycles. The van der Waals surface area contributed by atoms with Crippen molar-refractivity contribution >= 4 is 48.1 Å². The third-order valence-corrected chi connectivity index (χ3v) is 12.3. The van der Waals surface area contributed by atoms with Gasteiger partial charge in [0.1, 0.15) is 0 Å². The van der Waals surface area contributed by atoms with Gasteiger partial charge in [-0.1, -0.05) is 97.5 Å². The van der Waals surface area contributed by atoms with E-state index in [1.54, 1.807) is 0 Å². The van der Waals surface area contributed by atoms with E-state index >= 15 is 0 Å². The number of nitrogens with zero attached hydrogens (tertiary/aromatic N) is 1. The fourth-order valence-electron chi connectivity index (χ4n) is 7.31. The van der Waals surface area contributed by atoms with E-state index in [2.05, 4.69) is 109 Å². The van der Waals surface area contributed by atoms with Crippen molar-refractivity contribution in [2.75, 3.05) is 0 Å². The van der Waals surface area contributed by atoms with E-state index in [9.17, 15) is 9.90 Å². The molecule has 0 fully saturated rings. The first-order valence-electron chi connectivity index (χ1n) is 18.9. The molecule has 1 radical (unpaired) electrons. The number of aromatic nitrogens is 1. The molecule has 5 aromatic rings. The van der Waals surface area contributed by atoms with Crippen molar-refractivity contribution in [1.29, 1.82) is 0 Å². The molecule has 5 heteroatoms. The van der Waals surface area contributed by atoms with E-state index in [-0.39, 0.29) is 48.9 Å². The molecule has 0 aliphatic rings. The predicted octanol–water partition coefficient (Wildman–Crippen LogP) is 13.1. The molecule has 0 saturated carbocycles. The number of ketones is 1. The second kappa shape index (κ2) is 18.6. The topological polar surface area (TPSA) is 41.2 Å². The van der Waals surface area contributed by atoms with E-state index in [1.807, 2.05) is 43.6 Å². The zero-order valence-corrected chi connectivity index (χ0v) is 35.7. The van der Waals surface area contributed by atoms with Crippen LogP contribution in [0.25, 0.3) is 42.2 Å². The third-order valence-electron chi connectivity index (χ3n) is 11.1. The Balaban J connectivity index is 0.000000374. The normalized spacial score (nSPS) is 12.2. The summed E-state index contributed by atoms with van der Waals surface area (Å²) in [5.74, 6) is 1.19. The SMILES string of the molecule is CCC(CC)C(=O)/C=C(\O)C(CC)CC.[CH2-]c1c(-c2c3sc4ccc(CC(C)C)cc4c3cc[n+]2[CH2-])cc(C(C)(CC)CC)c2ccccc12.[Ir]. The Labute approximate surface area is 325 Å². The number of allylic oxidation sites excluding steroid dienone is 2. The minimum atomic E-state index is 0. The summed E-state index contributed by atoms with van der Waals surface area (Å²) in [6, 6.07) is 20.4. The average Bonchev–Trinajstić information content (AvgIpc) is 3.47. The maximum atomic E-state index is 11.7. The van der Waals surface area contributed by atoms with Crippen molar-refractivity contribution in [3.05, 3.63) is 103 Å². The van der Waals surface area contributed by atoms with Gasteiger partial charge in [0.2, 0.25) is 0 Å². The van der Waals surface area contributed by atoms with E-state index < -0.39 is 0 Å². The number of benzene rings is 3. The van der Waals surface area contributed by atoms with Crippen molar-refractivity contribution in [2.24, 2.45) is 17.8 Å². The third kappa shape index (κ3) is 9.10. The Hall–Kier alpha value is -3.11. The number of carbonyl (C=O) groups excluding carboxylic acids is 1. The van der Waals surface area contributed by atoms with E-state index in [0.717, 1.165) is 50.5 Å². The van der Waals surface area contributed by atoms with Crippen LogP contribution in [-0.4, -0.2) is 10.9 Å². The van der Waals surface area contributed by atoms with Crippen molar-refractivity contribution < 1.29 is 34.6 Å². The molecule has 2 heterocycles. The van der Waals surface area contributed by atoms with Crippen LogP contribution >= 0.6 is 11.3 Å². The summed E-state index contributed by atoms with van der Waals surface area (Å²) in [5.41, 5.74) is 6.38. The van der Waals surface area contributed by atoms with Gasteiger partial charge in [-0.15, -0.1) is 34.4 Å². The molecular weight excluding hydrogens is 823 g/mol. The van der Waals surface area contributed by atoms with Gasteiger partial charge in [0.15, 0.2) is 5.78 Å². The number of thiophene rings is 1. The Morgan fingerprint density at radius 2 is 1.47 bits per heavy atom. The zero-order chi connectivity index (χ0) is 36.7. The molecule has 0 spiro atoms. The van der Waals surface area contributed by atoms with Gasteiger partial charge in [-0.2, -0.15) is 12.5 Å². The number of carbonyl (C=O) groups is 1. The average molecular weight is 883 g/mol. The Kier molecular flexibility index (Phi) is 15.4. The number of pyridine rings is 1. The predicted molar refractivity (Wildman–Crippen MR) is 218 cm³/mol. The van der Waals surface area contributed by atoms with Crippen molar-refractivity contribution in [3.63, 3.8) is 0 Å². The number of fused-ring (bicyclic) bond motifs is 4. The monoisotopic (exact) mass is 883 g/mol. The summed E-state index contributed by atoms with van der Waals surface area (Å²) in [6.07, 6.45) is 10.3. The van der Waals surface area contributed by atoms with Crippen LogP contribution in [0.1, 0.15) is 118 Å². The molecular formula is C46H60IrNO2S-. The number of aliphatic hydroxyl groups is 1. The first-order valence-corrected chi connectivity index (χ1v) is 19.7. The summed E-state index contributed by atoms with van der Waals surface area (Å²) in [5, 5.41) is 15.0. The van der Waals surface area contributed by atoms with Crippen LogP contribution < -0.4 is 4.57 Å². The molecule has 0 aliphatic carbocycles. The molecule has 0 unspecified atom stereocenters.